The van der Waals surface area contributed by atoms with E-state index in [2.05, 4.69) is 17.2 Å². The van der Waals surface area contributed by atoms with E-state index in [0.717, 1.165) is 18.8 Å². The van der Waals surface area contributed by atoms with Crippen molar-refractivity contribution in [2.24, 2.45) is 5.92 Å². The SMILES string of the molecule is CCCCNCCSCC(CC(=O)OCC)C(=O)c1cccnc1. The summed E-state index contributed by atoms with van der Waals surface area (Å²) in [5.74, 6) is 0.809. The number of nitrogens with one attached hydrogen (secondary N) is 1. The summed E-state index contributed by atoms with van der Waals surface area (Å²) in [4.78, 5) is 28.4. The van der Waals surface area contributed by atoms with Crippen molar-refractivity contribution in [1.82, 2.24) is 10.3 Å². The van der Waals surface area contributed by atoms with Crippen molar-refractivity contribution in [3.63, 3.8) is 0 Å². The lowest BCUT2D eigenvalue weighted by Gasteiger charge is -2.15. The molecule has 0 saturated heterocycles. The number of nitrogens with zero attached hydrogens (tertiary/aromatic N) is 1. The van der Waals surface area contributed by atoms with Gasteiger partial charge in [0.2, 0.25) is 0 Å². The van der Waals surface area contributed by atoms with Gasteiger partial charge < -0.3 is 10.1 Å². The minimum atomic E-state index is -0.367. The molecule has 0 bridgehead atoms. The Kier molecular flexibility index (Phi) is 11.1. The molecule has 1 N–H and O–H groups in total. The van der Waals surface area contributed by atoms with Gasteiger partial charge in [0.05, 0.1) is 13.0 Å². The molecule has 0 amide bonds. The van der Waals surface area contributed by atoms with Gasteiger partial charge in [0, 0.05) is 41.9 Å². The molecule has 1 aromatic heterocycles. The molecule has 24 heavy (non-hydrogen) atoms. The van der Waals surface area contributed by atoms with Crippen molar-refractivity contribution in [2.75, 3.05) is 31.2 Å². The van der Waals surface area contributed by atoms with Crippen LogP contribution in [0.25, 0.3) is 0 Å². The van der Waals surface area contributed by atoms with Crippen LogP contribution in [-0.4, -0.2) is 47.9 Å². The second-order valence-corrected chi connectivity index (χ2v) is 6.64. The van der Waals surface area contributed by atoms with E-state index in [0.29, 0.717) is 17.9 Å². The van der Waals surface area contributed by atoms with Gasteiger partial charge in [0.25, 0.3) is 0 Å². The minimum Gasteiger partial charge on any atom is -0.466 e. The van der Waals surface area contributed by atoms with E-state index >= 15 is 0 Å². The monoisotopic (exact) mass is 352 g/mol. The van der Waals surface area contributed by atoms with Gasteiger partial charge in [-0.25, -0.2) is 0 Å². The highest BCUT2D eigenvalue weighted by atomic mass is 32.2. The zero-order chi connectivity index (χ0) is 17.6. The Bertz CT molecular complexity index is 482. The van der Waals surface area contributed by atoms with Gasteiger partial charge in [0.1, 0.15) is 0 Å². The highest BCUT2D eigenvalue weighted by Gasteiger charge is 2.24. The van der Waals surface area contributed by atoms with Crippen LogP contribution in [0.1, 0.15) is 43.5 Å². The van der Waals surface area contributed by atoms with Crippen LogP contribution in [0.15, 0.2) is 24.5 Å². The number of ether oxygens (including phenoxy) is 1. The number of aromatic nitrogens is 1. The Labute approximate surface area is 149 Å². The standard InChI is InChI=1S/C18H28N2O3S/c1-3-5-8-19-10-11-24-14-16(12-17(21)23-4-2)18(22)15-7-6-9-20-13-15/h6-7,9,13,16,19H,3-5,8,10-12,14H2,1-2H3. The topological polar surface area (TPSA) is 68.3 Å². The number of ketones is 1. The predicted octanol–water partition coefficient (Wildman–Crippen LogP) is 2.96. The van der Waals surface area contributed by atoms with Gasteiger partial charge in [-0.3, -0.25) is 14.6 Å². The summed E-state index contributed by atoms with van der Waals surface area (Å²) in [6.07, 6.45) is 5.67. The second-order valence-electron chi connectivity index (χ2n) is 5.49. The van der Waals surface area contributed by atoms with Crippen LogP contribution in [0, 0.1) is 5.92 Å². The van der Waals surface area contributed by atoms with E-state index in [-0.39, 0.29) is 24.1 Å². The van der Waals surface area contributed by atoms with Crippen LogP contribution >= 0.6 is 11.8 Å². The summed E-state index contributed by atoms with van der Waals surface area (Å²) < 4.78 is 5.00. The molecule has 1 aromatic rings. The van der Waals surface area contributed by atoms with E-state index < -0.39 is 0 Å². The Morgan fingerprint density at radius 3 is 2.83 bits per heavy atom. The maximum Gasteiger partial charge on any atom is 0.306 e. The number of carbonyl (C=O) groups excluding carboxylic acids is 2. The summed E-state index contributed by atoms with van der Waals surface area (Å²) in [7, 11) is 0. The van der Waals surface area contributed by atoms with Gasteiger partial charge >= 0.3 is 5.97 Å². The Balaban J connectivity index is 2.49. The fourth-order valence-electron chi connectivity index (χ4n) is 2.19. The molecule has 0 fully saturated rings. The molecule has 0 radical (unpaired) electrons. The maximum atomic E-state index is 12.6. The Morgan fingerprint density at radius 1 is 1.33 bits per heavy atom. The van der Waals surface area contributed by atoms with Gasteiger partial charge in [-0.1, -0.05) is 13.3 Å². The van der Waals surface area contributed by atoms with Crippen LogP contribution in [0.3, 0.4) is 0 Å². The molecule has 0 aliphatic heterocycles. The third-order valence-electron chi connectivity index (χ3n) is 3.48. The van der Waals surface area contributed by atoms with Crippen molar-refractivity contribution in [3.8, 4) is 0 Å². The molecule has 0 aliphatic carbocycles. The molecule has 6 heteroatoms. The first-order valence-electron chi connectivity index (χ1n) is 8.57. The predicted molar refractivity (Wildman–Crippen MR) is 98.4 cm³/mol. The van der Waals surface area contributed by atoms with Crippen LogP contribution in [0.4, 0.5) is 0 Å². The number of thioether (sulfide) groups is 1. The molecular formula is C18H28N2O3S. The maximum absolute atomic E-state index is 12.6. The first-order chi connectivity index (χ1) is 11.7. The third kappa shape index (κ3) is 8.45. The highest BCUT2D eigenvalue weighted by molar-refractivity contribution is 7.99. The number of hydrogen-bond acceptors (Lipinski definition) is 6. The quantitative estimate of drug-likeness (QED) is 0.334. The first kappa shape index (κ1) is 20.6. The van der Waals surface area contributed by atoms with Crippen molar-refractivity contribution < 1.29 is 14.3 Å². The Hall–Kier alpha value is -1.40. The van der Waals surface area contributed by atoms with Gasteiger partial charge in [-0.2, -0.15) is 11.8 Å². The lowest BCUT2D eigenvalue weighted by molar-refractivity contribution is -0.143. The van der Waals surface area contributed by atoms with E-state index in [1.165, 1.54) is 12.8 Å². The van der Waals surface area contributed by atoms with Crippen LogP contribution < -0.4 is 5.32 Å². The van der Waals surface area contributed by atoms with Crippen LogP contribution in [-0.2, 0) is 9.53 Å². The summed E-state index contributed by atoms with van der Waals surface area (Å²) in [6.45, 7) is 6.21. The fraction of sp³-hybridized carbons (Fsp3) is 0.611. The molecule has 1 rings (SSSR count). The molecule has 134 valence electrons. The number of esters is 1. The number of carbonyl (C=O) groups is 2. The van der Waals surface area contributed by atoms with Crippen LogP contribution in [0.5, 0.6) is 0 Å². The summed E-state index contributed by atoms with van der Waals surface area (Å²) in [5, 5.41) is 3.37. The molecule has 1 atom stereocenters. The van der Waals surface area contributed by atoms with Crippen molar-refractivity contribution in [3.05, 3.63) is 30.1 Å². The number of rotatable bonds is 13. The average molecular weight is 352 g/mol. The smallest absolute Gasteiger partial charge is 0.306 e. The normalized spacial score (nSPS) is 11.9. The highest BCUT2D eigenvalue weighted by Crippen LogP contribution is 2.18. The largest absolute Gasteiger partial charge is 0.466 e. The molecule has 5 nitrogen and oxygen atoms in total. The Morgan fingerprint density at radius 2 is 2.17 bits per heavy atom. The molecule has 0 spiro atoms. The zero-order valence-electron chi connectivity index (χ0n) is 14.6. The van der Waals surface area contributed by atoms with E-state index in [1.54, 1.807) is 43.2 Å². The molecule has 1 heterocycles. The minimum absolute atomic E-state index is 0.0393. The number of unbranched alkanes of at least 4 members (excludes halogenated alkanes) is 1. The summed E-state index contributed by atoms with van der Waals surface area (Å²) in [6, 6.07) is 3.48. The molecule has 0 saturated carbocycles. The number of hydrogen-bond donors (Lipinski definition) is 1. The van der Waals surface area contributed by atoms with E-state index in [1.807, 2.05) is 0 Å². The molecule has 0 aromatic carbocycles. The molecule has 1 unspecified atom stereocenters. The average Bonchev–Trinajstić information content (AvgIpc) is 2.60. The molecular weight excluding hydrogens is 324 g/mol. The lowest BCUT2D eigenvalue weighted by Crippen LogP contribution is -2.24. The second kappa shape index (κ2) is 13.0. The summed E-state index contributed by atoms with van der Waals surface area (Å²) >= 11 is 1.69. The molecule has 0 aliphatic rings. The first-order valence-corrected chi connectivity index (χ1v) is 9.72. The van der Waals surface area contributed by atoms with Crippen LogP contribution in [0.2, 0.25) is 0 Å². The zero-order valence-corrected chi connectivity index (χ0v) is 15.4. The van der Waals surface area contributed by atoms with E-state index in [4.69, 9.17) is 4.74 Å². The lowest BCUT2D eigenvalue weighted by atomic mass is 9.97. The summed E-state index contributed by atoms with van der Waals surface area (Å²) in [5.41, 5.74) is 0.550. The van der Waals surface area contributed by atoms with Crippen molar-refractivity contribution in [2.45, 2.75) is 33.1 Å². The van der Waals surface area contributed by atoms with Crippen molar-refractivity contribution >= 4 is 23.5 Å². The fourth-order valence-corrected chi connectivity index (χ4v) is 3.20. The number of pyridine rings is 1. The third-order valence-corrected chi connectivity index (χ3v) is 4.62. The van der Waals surface area contributed by atoms with Gasteiger partial charge in [0.15, 0.2) is 5.78 Å². The number of Topliss-reactive ketones (excluding diaryl/α,β-unsaturated/α-hetero) is 1. The van der Waals surface area contributed by atoms with Gasteiger partial charge in [-0.05, 0) is 32.0 Å². The van der Waals surface area contributed by atoms with E-state index in [9.17, 15) is 9.59 Å². The van der Waals surface area contributed by atoms with Crippen molar-refractivity contribution in [1.29, 1.82) is 0 Å². The van der Waals surface area contributed by atoms with Gasteiger partial charge in [-0.15, -0.1) is 0 Å².